The number of esters is 1. The second-order valence-electron chi connectivity index (χ2n) is 6.01. The Labute approximate surface area is 130 Å². The molecule has 118 valence electrons. The van der Waals surface area contributed by atoms with Gasteiger partial charge in [-0.05, 0) is 13.0 Å². The Morgan fingerprint density at radius 1 is 1.23 bits per heavy atom. The monoisotopic (exact) mass is 304 g/mol. The molecule has 3 rings (SSSR count). The van der Waals surface area contributed by atoms with Crippen molar-refractivity contribution in [3.8, 4) is 0 Å². The van der Waals surface area contributed by atoms with Crippen molar-refractivity contribution in [2.45, 2.75) is 13.5 Å². The number of quaternary nitrogens is 2. The van der Waals surface area contributed by atoms with Crippen molar-refractivity contribution in [3.63, 3.8) is 0 Å². The fourth-order valence-corrected chi connectivity index (χ4v) is 3.09. The van der Waals surface area contributed by atoms with Crippen LogP contribution >= 0.6 is 0 Å². The predicted molar refractivity (Wildman–Crippen MR) is 83.2 cm³/mol. The number of para-hydroxylation sites is 1. The number of likely N-dealkylation sites (N-methyl/N-ethyl adjacent to an activating group) is 1. The minimum absolute atomic E-state index is 0.354. The molecule has 1 aromatic carbocycles. The molecule has 2 heterocycles. The molecule has 0 aliphatic carbocycles. The number of hydrogen-bond donors (Lipinski definition) is 2. The summed E-state index contributed by atoms with van der Waals surface area (Å²) in [7, 11) is 2.23. The summed E-state index contributed by atoms with van der Waals surface area (Å²) in [4.78, 5) is 15.3. The first-order valence-corrected chi connectivity index (χ1v) is 8.01. The molecular weight excluding hydrogens is 280 g/mol. The van der Waals surface area contributed by atoms with Crippen LogP contribution in [0.3, 0.4) is 0 Å². The van der Waals surface area contributed by atoms with Gasteiger partial charge in [-0.1, -0.05) is 18.2 Å². The van der Waals surface area contributed by atoms with Crippen molar-refractivity contribution >= 4 is 16.9 Å². The normalized spacial score (nSPS) is 21.9. The van der Waals surface area contributed by atoms with E-state index in [1.807, 2.05) is 31.2 Å². The van der Waals surface area contributed by atoms with Gasteiger partial charge in [0.1, 0.15) is 38.3 Å². The van der Waals surface area contributed by atoms with Gasteiger partial charge >= 0.3 is 5.97 Å². The highest BCUT2D eigenvalue weighted by molar-refractivity contribution is 5.95. The molecule has 1 fully saturated rings. The van der Waals surface area contributed by atoms with Crippen LogP contribution in [0.4, 0.5) is 0 Å². The maximum absolute atomic E-state index is 12.2. The maximum Gasteiger partial charge on any atom is 0.374 e. The van der Waals surface area contributed by atoms with Crippen LogP contribution < -0.4 is 9.80 Å². The topological polar surface area (TPSA) is 48.3 Å². The Morgan fingerprint density at radius 3 is 2.68 bits per heavy atom. The van der Waals surface area contributed by atoms with Crippen molar-refractivity contribution in [1.29, 1.82) is 0 Å². The van der Waals surface area contributed by atoms with Gasteiger partial charge in [0.25, 0.3) is 0 Å². The molecule has 22 heavy (non-hydrogen) atoms. The van der Waals surface area contributed by atoms with E-state index in [0.717, 1.165) is 36.2 Å². The first-order valence-electron chi connectivity index (χ1n) is 8.01. The van der Waals surface area contributed by atoms with Crippen LogP contribution in [0.1, 0.15) is 23.0 Å². The zero-order chi connectivity index (χ0) is 15.5. The molecule has 1 aromatic heterocycles. The summed E-state index contributed by atoms with van der Waals surface area (Å²) in [6.07, 6.45) is 0. The summed E-state index contributed by atoms with van der Waals surface area (Å²) in [5.74, 6) is 0.0228. The third-order valence-electron chi connectivity index (χ3n) is 4.40. The number of carbonyl (C=O) groups is 1. The van der Waals surface area contributed by atoms with Crippen molar-refractivity contribution in [2.24, 2.45) is 0 Å². The standard InChI is InChI=1S/C17H22N2O3/c1-3-21-17(20)16-14(12-19-10-8-18(2)9-11-19)13-6-4-5-7-15(13)22-16/h4-7H,3,8-12H2,1-2H3/p+2. The van der Waals surface area contributed by atoms with Gasteiger partial charge in [0.05, 0.1) is 19.2 Å². The summed E-state index contributed by atoms with van der Waals surface area (Å²) < 4.78 is 10.9. The number of hydrogen-bond acceptors (Lipinski definition) is 3. The fourth-order valence-electron chi connectivity index (χ4n) is 3.09. The molecule has 2 N–H and O–H groups in total. The van der Waals surface area contributed by atoms with Gasteiger partial charge in [-0.2, -0.15) is 0 Å². The number of benzene rings is 1. The van der Waals surface area contributed by atoms with E-state index in [9.17, 15) is 4.79 Å². The second-order valence-corrected chi connectivity index (χ2v) is 6.01. The van der Waals surface area contributed by atoms with Crippen LogP contribution in [0.15, 0.2) is 28.7 Å². The molecule has 0 amide bonds. The highest BCUT2D eigenvalue weighted by Crippen LogP contribution is 2.26. The Hall–Kier alpha value is -1.85. The number of carbonyl (C=O) groups excluding carboxylic acids is 1. The van der Waals surface area contributed by atoms with Gasteiger partial charge in [0.15, 0.2) is 0 Å². The molecule has 0 bridgehead atoms. The number of furan rings is 1. The molecule has 1 aliphatic heterocycles. The van der Waals surface area contributed by atoms with Crippen molar-refractivity contribution in [1.82, 2.24) is 0 Å². The maximum atomic E-state index is 12.2. The van der Waals surface area contributed by atoms with Crippen molar-refractivity contribution in [2.75, 3.05) is 39.8 Å². The molecule has 0 radical (unpaired) electrons. The molecule has 1 saturated heterocycles. The van der Waals surface area contributed by atoms with Crippen LogP contribution in [0, 0.1) is 0 Å². The molecule has 0 saturated carbocycles. The molecule has 5 nitrogen and oxygen atoms in total. The Kier molecular flexibility index (Phi) is 4.45. The van der Waals surface area contributed by atoms with Gasteiger partial charge in [-0.25, -0.2) is 4.79 Å². The highest BCUT2D eigenvalue weighted by atomic mass is 16.5. The van der Waals surface area contributed by atoms with E-state index in [1.165, 1.54) is 18.0 Å². The largest absolute Gasteiger partial charge is 0.460 e. The van der Waals surface area contributed by atoms with Crippen molar-refractivity contribution < 1.29 is 23.7 Å². The third kappa shape index (κ3) is 3.00. The Morgan fingerprint density at radius 2 is 1.95 bits per heavy atom. The van der Waals surface area contributed by atoms with Crippen molar-refractivity contribution in [3.05, 3.63) is 35.6 Å². The average molecular weight is 304 g/mol. The molecule has 0 unspecified atom stereocenters. The number of piperazine rings is 1. The van der Waals surface area contributed by atoms with Gasteiger partial charge in [-0.15, -0.1) is 0 Å². The molecule has 2 aromatic rings. The molecule has 5 heteroatoms. The lowest BCUT2D eigenvalue weighted by atomic mass is 10.1. The number of fused-ring (bicyclic) bond motifs is 1. The minimum Gasteiger partial charge on any atom is -0.460 e. The van der Waals surface area contributed by atoms with E-state index in [2.05, 4.69) is 7.05 Å². The first-order chi connectivity index (χ1) is 10.7. The zero-order valence-electron chi connectivity index (χ0n) is 13.3. The summed E-state index contributed by atoms with van der Waals surface area (Å²) in [5.41, 5.74) is 1.75. The number of ether oxygens (including phenoxy) is 1. The third-order valence-corrected chi connectivity index (χ3v) is 4.40. The lowest BCUT2D eigenvalue weighted by Crippen LogP contribution is -3.26. The van der Waals surface area contributed by atoms with Gasteiger partial charge in [0, 0.05) is 5.39 Å². The molecule has 0 atom stereocenters. The fraction of sp³-hybridized carbons (Fsp3) is 0.471. The van der Waals surface area contributed by atoms with E-state index < -0.39 is 0 Å². The summed E-state index contributed by atoms with van der Waals surface area (Å²) in [6.45, 7) is 7.56. The second kappa shape index (κ2) is 6.50. The van der Waals surface area contributed by atoms with E-state index in [4.69, 9.17) is 9.15 Å². The highest BCUT2D eigenvalue weighted by Gasteiger charge is 2.27. The van der Waals surface area contributed by atoms with Crippen LogP contribution in [-0.4, -0.2) is 45.8 Å². The van der Waals surface area contributed by atoms with Crippen LogP contribution in [-0.2, 0) is 11.3 Å². The van der Waals surface area contributed by atoms with E-state index >= 15 is 0 Å². The van der Waals surface area contributed by atoms with Gasteiger partial charge in [0.2, 0.25) is 5.76 Å². The lowest BCUT2D eigenvalue weighted by molar-refractivity contribution is -1.01. The summed E-state index contributed by atoms with van der Waals surface area (Å²) in [6, 6.07) is 7.85. The average Bonchev–Trinajstić information content (AvgIpc) is 2.89. The van der Waals surface area contributed by atoms with Crippen LogP contribution in [0.2, 0.25) is 0 Å². The van der Waals surface area contributed by atoms with Gasteiger partial charge < -0.3 is 19.0 Å². The summed E-state index contributed by atoms with van der Waals surface area (Å²) in [5, 5.41) is 1.03. The van der Waals surface area contributed by atoms with E-state index in [-0.39, 0.29) is 5.97 Å². The predicted octanol–water partition coefficient (Wildman–Crippen LogP) is -0.477. The number of nitrogens with one attached hydrogen (secondary N) is 2. The van der Waals surface area contributed by atoms with Crippen LogP contribution in [0.5, 0.6) is 0 Å². The van der Waals surface area contributed by atoms with Crippen LogP contribution in [0.25, 0.3) is 11.0 Å². The minimum atomic E-state index is -0.354. The molecule has 0 spiro atoms. The van der Waals surface area contributed by atoms with E-state index in [1.54, 1.807) is 4.90 Å². The summed E-state index contributed by atoms with van der Waals surface area (Å²) >= 11 is 0. The SMILES string of the molecule is CCOC(=O)c1oc2ccccc2c1C[NH+]1CC[NH+](C)CC1. The molecule has 1 aliphatic rings. The zero-order valence-corrected chi connectivity index (χ0v) is 13.3. The quantitative estimate of drug-likeness (QED) is 0.751. The van der Waals surface area contributed by atoms with Gasteiger partial charge in [-0.3, -0.25) is 0 Å². The Balaban J connectivity index is 1.91. The lowest BCUT2D eigenvalue weighted by Gasteiger charge is -2.27. The number of rotatable bonds is 4. The molecular formula is C17H24N2O3+2. The first kappa shape index (κ1) is 15.1. The smallest absolute Gasteiger partial charge is 0.374 e. The van der Waals surface area contributed by atoms with E-state index in [0.29, 0.717) is 12.4 Å². The Bertz CT molecular complexity index is 657.